The zero-order valence-electron chi connectivity index (χ0n) is 16.3. The number of fused-ring (bicyclic) bond motifs is 2. The molecular formula is C20H27N3O3S2. The third kappa shape index (κ3) is 3.75. The summed E-state index contributed by atoms with van der Waals surface area (Å²) in [5, 5.41) is 18.9. The predicted octanol–water partition coefficient (Wildman–Crippen LogP) is 2.31. The first-order valence-electron chi connectivity index (χ1n) is 9.73. The fourth-order valence-electron chi connectivity index (χ4n) is 4.35. The van der Waals surface area contributed by atoms with E-state index in [-0.39, 0.29) is 6.42 Å². The molecule has 0 saturated carbocycles. The summed E-state index contributed by atoms with van der Waals surface area (Å²) in [6.45, 7) is 3.29. The fraction of sp³-hybridized carbons (Fsp3) is 0.550. The minimum absolute atomic E-state index is 0.170. The highest BCUT2D eigenvalue weighted by molar-refractivity contribution is 8.16. The standard InChI is InChI=1S/C20H27N3O3S2/c1-20(2,25)17-11-22-19(27-17)28(21,26)23-18(24)10-16-14-7-3-5-12(14)9-13-6-4-8-15(13)16/h9,11,19,22,25H,3-8,10H2,1-2H3,(H2,21,23,24,26)/t19-,28?/m1/s1. The second kappa shape index (κ2) is 7.16. The molecule has 2 aliphatic carbocycles. The molecule has 0 radical (unpaired) electrons. The number of nitrogens with two attached hydrogens (primary N) is 1. The van der Waals surface area contributed by atoms with Crippen molar-refractivity contribution in [2.24, 2.45) is 9.50 Å². The molecule has 0 fully saturated rings. The van der Waals surface area contributed by atoms with Crippen LogP contribution < -0.4 is 10.5 Å². The van der Waals surface area contributed by atoms with Crippen molar-refractivity contribution >= 4 is 27.6 Å². The molecule has 6 nitrogen and oxygen atoms in total. The van der Waals surface area contributed by atoms with E-state index in [1.807, 2.05) is 0 Å². The summed E-state index contributed by atoms with van der Waals surface area (Å²) >= 11 is 1.17. The van der Waals surface area contributed by atoms with E-state index in [4.69, 9.17) is 5.14 Å². The number of benzene rings is 1. The Kier molecular flexibility index (Phi) is 5.10. The van der Waals surface area contributed by atoms with E-state index in [1.54, 1.807) is 20.0 Å². The van der Waals surface area contributed by atoms with Gasteiger partial charge >= 0.3 is 0 Å². The van der Waals surface area contributed by atoms with Crippen LogP contribution in [-0.4, -0.2) is 25.5 Å². The molecule has 1 aromatic rings. The zero-order valence-corrected chi connectivity index (χ0v) is 17.9. The first kappa shape index (κ1) is 19.9. The Morgan fingerprint density at radius 3 is 2.43 bits per heavy atom. The van der Waals surface area contributed by atoms with E-state index in [9.17, 15) is 14.1 Å². The number of hydrogen-bond acceptors (Lipinski definition) is 5. The highest BCUT2D eigenvalue weighted by atomic mass is 32.3. The molecule has 1 heterocycles. The number of aliphatic hydroxyl groups is 1. The molecule has 4 rings (SSSR count). The Morgan fingerprint density at radius 2 is 1.89 bits per heavy atom. The van der Waals surface area contributed by atoms with Crippen LogP contribution in [0, 0.1) is 0 Å². The number of aryl methyl sites for hydroxylation is 2. The van der Waals surface area contributed by atoms with Crippen LogP contribution in [0.2, 0.25) is 0 Å². The lowest BCUT2D eigenvalue weighted by atomic mass is 9.92. The Bertz CT molecular complexity index is 953. The number of carbonyl (C=O) groups excluding carboxylic acids is 1. The van der Waals surface area contributed by atoms with Crippen LogP contribution in [0.1, 0.15) is 54.5 Å². The molecule has 2 atom stereocenters. The van der Waals surface area contributed by atoms with Crippen LogP contribution >= 0.6 is 11.8 Å². The number of nitrogens with zero attached hydrogens (tertiary/aromatic N) is 1. The zero-order chi connectivity index (χ0) is 20.1. The van der Waals surface area contributed by atoms with Crippen LogP contribution in [0.4, 0.5) is 0 Å². The van der Waals surface area contributed by atoms with E-state index in [2.05, 4.69) is 15.7 Å². The number of rotatable bonds is 4. The minimum atomic E-state index is -3.29. The van der Waals surface area contributed by atoms with Gasteiger partial charge in [0.15, 0.2) is 4.71 Å². The summed E-state index contributed by atoms with van der Waals surface area (Å²) in [7, 11) is -3.29. The quantitative estimate of drug-likeness (QED) is 0.692. The van der Waals surface area contributed by atoms with Crippen molar-refractivity contribution < 1.29 is 14.1 Å². The number of hydrogen-bond donors (Lipinski definition) is 3. The largest absolute Gasteiger partial charge is 0.385 e. The molecule has 0 bridgehead atoms. The van der Waals surface area contributed by atoms with Gasteiger partial charge in [0.1, 0.15) is 9.92 Å². The highest BCUT2D eigenvalue weighted by Gasteiger charge is 2.33. The Labute approximate surface area is 170 Å². The van der Waals surface area contributed by atoms with Gasteiger partial charge in [0.2, 0.25) is 0 Å². The lowest BCUT2D eigenvalue weighted by Gasteiger charge is -2.19. The molecule has 1 aliphatic heterocycles. The van der Waals surface area contributed by atoms with Crippen LogP contribution in [0.25, 0.3) is 0 Å². The summed E-state index contributed by atoms with van der Waals surface area (Å²) < 4.78 is 16.1. The molecule has 0 spiro atoms. The maximum Gasteiger partial charge on any atom is 0.259 e. The lowest BCUT2D eigenvalue weighted by Crippen LogP contribution is -2.34. The van der Waals surface area contributed by atoms with Crippen molar-refractivity contribution in [1.29, 1.82) is 0 Å². The summed E-state index contributed by atoms with van der Waals surface area (Å²) in [5.74, 6) is -0.430. The molecule has 152 valence electrons. The average Bonchev–Trinajstić information content (AvgIpc) is 3.33. The smallest absolute Gasteiger partial charge is 0.259 e. The van der Waals surface area contributed by atoms with Gasteiger partial charge in [-0.25, -0.2) is 9.35 Å². The third-order valence-electron chi connectivity index (χ3n) is 5.66. The molecule has 1 amide bonds. The van der Waals surface area contributed by atoms with Crippen molar-refractivity contribution in [3.63, 3.8) is 0 Å². The van der Waals surface area contributed by atoms with Crippen LogP contribution in [0.15, 0.2) is 21.5 Å². The van der Waals surface area contributed by atoms with Crippen molar-refractivity contribution in [1.82, 2.24) is 5.32 Å². The number of amides is 1. The SMILES string of the molecule is CC(C)(O)C1=CN[C@@H](S(N)(=O)=NC(=O)Cc2c3c(cc4c2CCC4)CCC3)S1. The molecule has 0 saturated heterocycles. The van der Waals surface area contributed by atoms with E-state index in [0.717, 1.165) is 44.1 Å². The van der Waals surface area contributed by atoms with E-state index >= 15 is 0 Å². The molecule has 28 heavy (non-hydrogen) atoms. The minimum Gasteiger partial charge on any atom is -0.385 e. The third-order valence-corrected chi connectivity index (χ3v) is 9.24. The van der Waals surface area contributed by atoms with Crippen molar-refractivity contribution in [3.8, 4) is 0 Å². The van der Waals surface area contributed by atoms with Gasteiger partial charge in [-0.1, -0.05) is 17.8 Å². The Balaban J connectivity index is 1.56. The first-order valence-corrected chi connectivity index (χ1v) is 12.2. The lowest BCUT2D eigenvalue weighted by molar-refractivity contribution is -0.117. The summed E-state index contributed by atoms with van der Waals surface area (Å²) in [6.07, 6.45) is 8.16. The van der Waals surface area contributed by atoms with Gasteiger partial charge in [-0.2, -0.15) is 0 Å². The fourth-order valence-corrected chi connectivity index (χ4v) is 6.88. The van der Waals surface area contributed by atoms with Gasteiger partial charge in [-0.05, 0) is 80.2 Å². The first-order chi connectivity index (χ1) is 13.1. The topological polar surface area (TPSA) is 105 Å². The molecule has 0 aromatic heterocycles. The maximum absolute atomic E-state index is 12.9. The molecule has 1 unspecified atom stereocenters. The molecule has 1 aromatic carbocycles. The summed E-state index contributed by atoms with van der Waals surface area (Å²) in [6, 6.07) is 2.32. The predicted molar refractivity (Wildman–Crippen MR) is 113 cm³/mol. The second-order valence-electron chi connectivity index (χ2n) is 8.30. The molecule has 8 heteroatoms. The molecule has 3 aliphatic rings. The van der Waals surface area contributed by atoms with E-state index in [1.165, 1.54) is 34.0 Å². The summed E-state index contributed by atoms with van der Waals surface area (Å²) in [5.41, 5.74) is 5.37. The van der Waals surface area contributed by atoms with Gasteiger partial charge in [-0.3, -0.25) is 4.79 Å². The summed E-state index contributed by atoms with van der Waals surface area (Å²) in [4.78, 5) is 13.4. The van der Waals surface area contributed by atoms with Crippen molar-refractivity contribution in [3.05, 3.63) is 45.0 Å². The number of thioether (sulfide) groups is 1. The van der Waals surface area contributed by atoms with Gasteiger partial charge in [0.05, 0.1) is 12.0 Å². The normalized spacial score (nSPS) is 22.9. The van der Waals surface area contributed by atoms with Gasteiger partial charge < -0.3 is 10.4 Å². The van der Waals surface area contributed by atoms with Gasteiger partial charge in [0, 0.05) is 11.1 Å². The van der Waals surface area contributed by atoms with Gasteiger partial charge in [0.25, 0.3) is 5.91 Å². The van der Waals surface area contributed by atoms with E-state index in [0.29, 0.717) is 4.91 Å². The van der Waals surface area contributed by atoms with Crippen LogP contribution in [0.5, 0.6) is 0 Å². The van der Waals surface area contributed by atoms with E-state index < -0.39 is 26.1 Å². The Hall–Kier alpha value is -1.35. The van der Waals surface area contributed by atoms with Crippen molar-refractivity contribution in [2.45, 2.75) is 69.1 Å². The van der Waals surface area contributed by atoms with Crippen LogP contribution in [-0.2, 0) is 46.8 Å². The average molecular weight is 422 g/mol. The van der Waals surface area contributed by atoms with Crippen molar-refractivity contribution in [2.75, 3.05) is 0 Å². The van der Waals surface area contributed by atoms with Crippen LogP contribution in [0.3, 0.4) is 0 Å². The van der Waals surface area contributed by atoms with Gasteiger partial charge in [-0.15, -0.1) is 4.36 Å². The molecule has 4 N–H and O–H groups in total. The monoisotopic (exact) mass is 421 g/mol. The number of carbonyl (C=O) groups is 1. The molecular weight excluding hydrogens is 394 g/mol. The maximum atomic E-state index is 12.9. The Morgan fingerprint density at radius 1 is 1.29 bits per heavy atom. The highest BCUT2D eigenvalue weighted by Crippen LogP contribution is 2.37. The second-order valence-corrected chi connectivity index (χ2v) is 11.6. The number of nitrogens with one attached hydrogen (secondary N) is 1.